The summed E-state index contributed by atoms with van der Waals surface area (Å²) in [6.07, 6.45) is 0. The van der Waals surface area contributed by atoms with Gasteiger partial charge in [-0.1, -0.05) is 22.0 Å². The highest BCUT2D eigenvalue weighted by molar-refractivity contribution is 9.09. The molecule has 0 aliphatic carbocycles. The first-order chi connectivity index (χ1) is 6.65. The Morgan fingerprint density at radius 2 is 2.21 bits per heavy atom. The summed E-state index contributed by atoms with van der Waals surface area (Å²) in [4.78, 5) is 15.7. The molecule has 0 unspecified atom stereocenters. The van der Waals surface area contributed by atoms with Crippen molar-refractivity contribution in [3.8, 4) is 0 Å². The molecule has 0 aromatic carbocycles. The minimum absolute atomic E-state index is 0.118. The summed E-state index contributed by atoms with van der Waals surface area (Å²) in [6, 6.07) is 3.65. The molecule has 1 amide bonds. The first-order valence-corrected chi connectivity index (χ1v) is 5.55. The number of nitrogens with zero attached hydrogens (tertiary/aromatic N) is 1. The van der Waals surface area contributed by atoms with Crippen LogP contribution in [-0.2, 0) is 0 Å². The maximum atomic E-state index is 11.5. The Balaban J connectivity index is 2.76. The van der Waals surface area contributed by atoms with Gasteiger partial charge in [-0.15, -0.1) is 0 Å². The van der Waals surface area contributed by atoms with E-state index in [1.165, 1.54) is 0 Å². The van der Waals surface area contributed by atoms with Crippen LogP contribution in [0.25, 0.3) is 0 Å². The van der Waals surface area contributed by atoms with E-state index in [9.17, 15) is 4.79 Å². The SMILES string of the molecule is Cc1ccc(C(=O)NCCBr)nc1C. The van der Waals surface area contributed by atoms with Crippen molar-refractivity contribution in [3.05, 3.63) is 29.1 Å². The molecular weight excluding hydrogens is 244 g/mol. The number of rotatable bonds is 3. The van der Waals surface area contributed by atoms with E-state index in [-0.39, 0.29) is 5.91 Å². The first-order valence-electron chi connectivity index (χ1n) is 4.43. The van der Waals surface area contributed by atoms with Crippen LogP contribution in [0, 0.1) is 13.8 Å². The number of hydrogen-bond acceptors (Lipinski definition) is 2. The second-order valence-corrected chi connectivity index (χ2v) is 3.84. The van der Waals surface area contributed by atoms with Gasteiger partial charge in [0.1, 0.15) is 5.69 Å². The van der Waals surface area contributed by atoms with Gasteiger partial charge in [0.2, 0.25) is 0 Å². The lowest BCUT2D eigenvalue weighted by molar-refractivity contribution is 0.0951. The van der Waals surface area contributed by atoms with Crippen LogP contribution >= 0.6 is 15.9 Å². The summed E-state index contributed by atoms with van der Waals surface area (Å²) in [7, 11) is 0. The number of nitrogens with one attached hydrogen (secondary N) is 1. The maximum Gasteiger partial charge on any atom is 0.269 e. The zero-order chi connectivity index (χ0) is 10.6. The van der Waals surface area contributed by atoms with Gasteiger partial charge in [-0.3, -0.25) is 4.79 Å². The van der Waals surface area contributed by atoms with Crippen molar-refractivity contribution in [2.45, 2.75) is 13.8 Å². The third kappa shape index (κ3) is 2.80. The molecule has 1 N–H and O–H groups in total. The van der Waals surface area contributed by atoms with E-state index in [1.54, 1.807) is 6.07 Å². The smallest absolute Gasteiger partial charge is 0.269 e. The summed E-state index contributed by atoms with van der Waals surface area (Å²) in [6.45, 7) is 4.49. The predicted molar refractivity (Wildman–Crippen MR) is 59.8 cm³/mol. The van der Waals surface area contributed by atoms with Crippen molar-refractivity contribution in [3.63, 3.8) is 0 Å². The van der Waals surface area contributed by atoms with Crippen LogP contribution in [0.4, 0.5) is 0 Å². The Kier molecular flexibility index (Phi) is 4.07. The number of halogens is 1. The fourth-order valence-corrected chi connectivity index (χ4v) is 1.21. The van der Waals surface area contributed by atoms with Gasteiger partial charge >= 0.3 is 0 Å². The average Bonchev–Trinajstić information content (AvgIpc) is 2.18. The lowest BCUT2D eigenvalue weighted by Gasteiger charge is -2.04. The summed E-state index contributed by atoms with van der Waals surface area (Å²) in [5, 5.41) is 3.50. The zero-order valence-electron chi connectivity index (χ0n) is 8.30. The normalized spacial score (nSPS) is 9.93. The number of aromatic nitrogens is 1. The highest BCUT2D eigenvalue weighted by Crippen LogP contribution is 2.04. The van der Waals surface area contributed by atoms with Crippen LogP contribution < -0.4 is 5.32 Å². The lowest BCUT2D eigenvalue weighted by atomic mass is 10.2. The Morgan fingerprint density at radius 3 is 2.79 bits per heavy atom. The molecule has 1 aromatic heterocycles. The molecule has 1 heterocycles. The number of carbonyl (C=O) groups is 1. The number of pyridine rings is 1. The molecule has 76 valence electrons. The minimum atomic E-state index is -0.118. The fourth-order valence-electron chi connectivity index (χ4n) is 1.01. The van der Waals surface area contributed by atoms with Crippen molar-refractivity contribution >= 4 is 21.8 Å². The lowest BCUT2D eigenvalue weighted by Crippen LogP contribution is -2.26. The Hall–Kier alpha value is -0.900. The Bertz CT molecular complexity index is 339. The van der Waals surface area contributed by atoms with E-state index in [2.05, 4.69) is 26.2 Å². The molecule has 14 heavy (non-hydrogen) atoms. The van der Waals surface area contributed by atoms with Crippen LogP contribution in [0.2, 0.25) is 0 Å². The minimum Gasteiger partial charge on any atom is -0.350 e. The van der Waals surface area contributed by atoms with Crippen LogP contribution in [-0.4, -0.2) is 22.8 Å². The van der Waals surface area contributed by atoms with Gasteiger partial charge in [0.15, 0.2) is 0 Å². The second kappa shape index (κ2) is 5.10. The predicted octanol–water partition coefficient (Wildman–Crippen LogP) is 1.82. The molecule has 0 saturated carbocycles. The van der Waals surface area contributed by atoms with E-state index in [4.69, 9.17) is 0 Å². The third-order valence-electron chi connectivity index (χ3n) is 1.96. The van der Waals surface area contributed by atoms with Crippen LogP contribution in [0.3, 0.4) is 0 Å². The van der Waals surface area contributed by atoms with Gasteiger partial charge in [-0.25, -0.2) is 4.98 Å². The van der Waals surface area contributed by atoms with E-state index in [0.29, 0.717) is 12.2 Å². The van der Waals surface area contributed by atoms with Crippen LogP contribution in [0.15, 0.2) is 12.1 Å². The summed E-state index contributed by atoms with van der Waals surface area (Å²) in [5.41, 5.74) is 2.48. The van der Waals surface area contributed by atoms with Crippen molar-refractivity contribution in [2.75, 3.05) is 11.9 Å². The largest absolute Gasteiger partial charge is 0.350 e. The summed E-state index contributed by atoms with van der Waals surface area (Å²) in [5.74, 6) is -0.118. The molecule has 0 bridgehead atoms. The van der Waals surface area contributed by atoms with E-state index in [0.717, 1.165) is 16.6 Å². The zero-order valence-corrected chi connectivity index (χ0v) is 9.89. The topological polar surface area (TPSA) is 42.0 Å². The molecule has 4 heteroatoms. The van der Waals surface area contributed by atoms with Gasteiger partial charge in [0.25, 0.3) is 5.91 Å². The van der Waals surface area contributed by atoms with Crippen molar-refractivity contribution in [1.82, 2.24) is 10.3 Å². The van der Waals surface area contributed by atoms with Crippen molar-refractivity contribution in [2.24, 2.45) is 0 Å². The first kappa shape index (κ1) is 11.2. The molecule has 0 fully saturated rings. The molecule has 3 nitrogen and oxygen atoms in total. The monoisotopic (exact) mass is 256 g/mol. The maximum absolute atomic E-state index is 11.5. The molecule has 1 aromatic rings. The van der Waals surface area contributed by atoms with Crippen LogP contribution in [0.1, 0.15) is 21.7 Å². The Labute approximate surface area is 92.1 Å². The molecule has 0 aliphatic rings. The van der Waals surface area contributed by atoms with E-state index in [1.807, 2.05) is 19.9 Å². The Morgan fingerprint density at radius 1 is 1.50 bits per heavy atom. The number of carbonyl (C=O) groups excluding carboxylic acids is 1. The molecule has 0 saturated heterocycles. The third-order valence-corrected chi connectivity index (χ3v) is 2.36. The molecule has 1 rings (SSSR count). The molecule has 0 spiro atoms. The number of amides is 1. The van der Waals surface area contributed by atoms with Gasteiger partial charge in [-0.2, -0.15) is 0 Å². The highest BCUT2D eigenvalue weighted by Gasteiger charge is 2.06. The van der Waals surface area contributed by atoms with Gasteiger partial charge in [0.05, 0.1) is 0 Å². The molecular formula is C10H13BrN2O. The van der Waals surface area contributed by atoms with Crippen LogP contribution in [0.5, 0.6) is 0 Å². The number of aryl methyl sites for hydroxylation is 2. The molecule has 0 radical (unpaired) electrons. The van der Waals surface area contributed by atoms with Gasteiger partial charge < -0.3 is 5.32 Å². The standard InChI is InChI=1S/C10H13BrN2O/c1-7-3-4-9(13-8(7)2)10(14)12-6-5-11/h3-4H,5-6H2,1-2H3,(H,12,14). The highest BCUT2D eigenvalue weighted by atomic mass is 79.9. The average molecular weight is 257 g/mol. The van der Waals surface area contributed by atoms with Gasteiger partial charge in [0, 0.05) is 17.6 Å². The van der Waals surface area contributed by atoms with E-state index < -0.39 is 0 Å². The quantitative estimate of drug-likeness (QED) is 0.839. The van der Waals surface area contributed by atoms with Crippen molar-refractivity contribution in [1.29, 1.82) is 0 Å². The van der Waals surface area contributed by atoms with Gasteiger partial charge in [-0.05, 0) is 25.5 Å². The molecule has 0 atom stereocenters. The number of alkyl halides is 1. The second-order valence-electron chi connectivity index (χ2n) is 3.04. The summed E-state index contributed by atoms with van der Waals surface area (Å²) < 4.78 is 0. The summed E-state index contributed by atoms with van der Waals surface area (Å²) >= 11 is 3.24. The fraction of sp³-hybridized carbons (Fsp3) is 0.400. The van der Waals surface area contributed by atoms with Crippen molar-refractivity contribution < 1.29 is 4.79 Å². The van der Waals surface area contributed by atoms with E-state index >= 15 is 0 Å². The number of hydrogen-bond donors (Lipinski definition) is 1. The molecule has 0 aliphatic heterocycles.